The maximum Gasteiger partial charge on any atom is 0.344 e. The minimum absolute atomic E-state index is 0.0569. The molecular weight excluding hydrogens is 364 g/mol. The van der Waals surface area contributed by atoms with Gasteiger partial charge in [-0.05, 0) is 55.2 Å². The first-order valence-electron chi connectivity index (χ1n) is 8.73. The Kier molecular flexibility index (Phi) is 7.08. The standard InChI is InChI=1S/C20H22N2O6/c1-4-15-5-7-16(8-6-15)27-12-20(24)28-11-19(23)21-17-9-13(2)14(3)10-18(17)22(25)26/h5-10H,4,11-12H2,1-3H3,(H,21,23). The Hall–Kier alpha value is -3.42. The molecule has 0 unspecified atom stereocenters. The molecule has 28 heavy (non-hydrogen) atoms. The van der Waals surface area contributed by atoms with Gasteiger partial charge in [0.2, 0.25) is 0 Å². The molecule has 0 aliphatic rings. The fraction of sp³-hybridized carbons (Fsp3) is 0.300. The number of amides is 1. The number of benzene rings is 2. The van der Waals surface area contributed by atoms with Gasteiger partial charge in [-0.15, -0.1) is 0 Å². The van der Waals surface area contributed by atoms with Gasteiger partial charge in [-0.25, -0.2) is 4.79 Å². The highest BCUT2D eigenvalue weighted by Crippen LogP contribution is 2.27. The van der Waals surface area contributed by atoms with E-state index in [1.54, 1.807) is 26.0 Å². The molecule has 2 rings (SSSR count). The Morgan fingerprint density at radius 1 is 1.07 bits per heavy atom. The van der Waals surface area contributed by atoms with Crippen LogP contribution in [0.25, 0.3) is 0 Å². The highest BCUT2D eigenvalue weighted by molar-refractivity contribution is 5.95. The molecule has 0 saturated heterocycles. The molecule has 2 aromatic carbocycles. The lowest BCUT2D eigenvalue weighted by molar-refractivity contribution is -0.384. The first kappa shape index (κ1) is 20.9. The molecule has 0 atom stereocenters. The average Bonchev–Trinajstić information content (AvgIpc) is 2.67. The Bertz CT molecular complexity index is 877. The summed E-state index contributed by atoms with van der Waals surface area (Å²) in [7, 11) is 0. The second-order valence-corrected chi connectivity index (χ2v) is 6.21. The summed E-state index contributed by atoms with van der Waals surface area (Å²) >= 11 is 0. The number of esters is 1. The van der Waals surface area contributed by atoms with Gasteiger partial charge in [0, 0.05) is 6.07 Å². The summed E-state index contributed by atoms with van der Waals surface area (Å²) in [5.41, 5.74) is 2.51. The van der Waals surface area contributed by atoms with Crippen molar-refractivity contribution in [1.29, 1.82) is 0 Å². The highest BCUT2D eigenvalue weighted by Gasteiger charge is 2.18. The lowest BCUT2D eigenvalue weighted by Crippen LogP contribution is -2.24. The molecule has 1 N–H and O–H groups in total. The summed E-state index contributed by atoms with van der Waals surface area (Å²) in [5.74, 6) is -0.874. The van der Waals surface area contributed by atoms with E-state index in [1.165, 1.54) is 12.1 Å². The van der Waals surface area contributed by atoms with Gasteiger partial charge in [0.05, 0.1) is 4.92 Å². The maximum absolute atomic E-state index is 12.0. The van der Waals surface area contributed by atoms with Crippen LogP contribution < -0.4 is 10.1 Å². The van der Waals surface area contributed by atoms with E-state index < -0.39 is 23.4 Å². The predicted molar refractivity (Wildman–Crippen MR) is 103 cm³/mol. The van der Waals surface area contributed by atoms with Crippen LogP contribution in [0.5, 0.6) is 5.75 Å². The van der Waals surface area contributed by atoms with E-state index in [0.717, 1.165) is 23.1 Å². The molecule has 1 amide bonds. The lowest BCUT2D eigenvalue weighted by atomic mass is 10.1. The summed E-state index contributed by atoms with van der Waals surface area (Å²) in [6.07, 6.45) is 0.899. The van der Waals surface area contributed by atoms with Gasteiger partial charge in [-0.2, -0.15) is 0 Å². The molecule has 0 saturated carbocycles. The van der Waals surface area contributed by atoms with Gasteiger partial charge >= 0.3 is 5.97 Å². The third-order valence-electron chi connectivity index (χ3n) is 4.14. The van der Waals surface area contributed by atoms with Gasteiger partial charge in [-0.3, -0.25) is 14.9 Å². The molecule has 0 aliphatic heterocycles. The quantitative estimate of drug-likeness (QED) is 0.423. The number of hydrogen-bond donors (Lipinski definition) is 1. The van der Waals surface area contributed by atoms with Crippen molar-refractivity contribution in [3.05, 3.63) is 63.2 Å². The van der Waals surface area contributed by atoms with Crippen molar-refractivity contribution in [1.82, 2.24) is 0 Å². The number of anilines is 1. The fourth-order valence-corrected chi connectivity index (χ4v) is 2.39. The number of hydrogen-bond acceptors (Lipinski definition) is 6. The molecule has 2 aromatic rings. The Morgan fingerprint density at radius 2 is 1.71 bits per heavy atom. The van der Waals surface area contributed by atoms with Gasteiger partial charge < -0.3 is 14.8 Å². The number of nitro benzene ring substituents is 1. The molecule has 148 valence electrons. The smallest absolute Gasteiger partial charge is 0.344 e. The topological polar surface area (TPSA) is 108 Å². The summed E-state index contributed by atoms with van der Waals surface area (Å²) in [4.78, 5) is 34.3. The number of ether oxygens (including phenoxy) is 2. The fourth-order valence-electron chi connectivity index (χ4n) is 2.39. The normalized spacial score (nSPS) is 10.2. The van der Waals surface area contributed by atoms with E-state index in [4.69, 9.17) is 9.47 Å². The minimum Gasteiger partial charge on any atom is -0.482 e. The van der Waals surface area contributed by atoms with Crippen molar-refractivity contribution in [2.45, 2.75) is 27.2 Å². The largest absolute Gasteiger partial charge is 0.482 e. The van der Waals surface area contributed by atoms with Gasteiger partial charge in [0.15, 0.2) is 13.2 Å². The van der Waals surface area contributed by atoms with E-state index >= 15 is 0 Å². The van der Waals surface area contributed by atoms with Crippen LogP contribution in [0.15, 0.2) is 36.4 Å². The monoisotopic (exact) mass is 386 g/mol. The summed E-state index contributed by atoms with van der Waals surface area (Å²) in [6, 6.07) is 10.2. The van der Waals surface area contributed by atoms with Crippen LogP contribution in [-0.2, 0) is 20.7 Å². The third-order valence-corrected chi connectivity index (χ3v) is 4.14. The van der Waals surface area contributed by atoms with Crippen LogP contribution in [0.3, 0.4) is 0 Å². The zero-order chi connectivity index (χ0) is 20.7. The van der Waals surface area contributed by atoms with Crippen molar-refractivity contribution >= 4 is 23.3 Å². The third kappa shape index (κ3) is 5.80. The molecule has 0 bridgehead atoms. The number of aryl methyl sites for hydroxylation is 3. The second kappa shape index (κ2) is 9.50. The van der Waals surface area contributed by atoms with E-state index in [0.29, 0.717) is 5.75 Å². The summed E-state index contributed by atoms with van der Waals surface area (Å²) < 4.78 is 10.2. The number of rotatable bonds is 8. The van der Waals surface area contributed by atoms with E-state index in [1.807, 2.05) is 19.1 Å². The number of carbonyl (C=O) groups excluding carboxylic acids is 2. The van der Waals surface area contributed by atoms with Crippen LogP contribution in [0.2, 0.25) is 0 Å². The van der Waals surface area contributed by atoms with Crippen molar-refractivity contribution in [3.8, 4) is 5.75 Å². The summed E-state index contributed by atoms with van der Waals surface area (Å²) in [5, 5.41) is 13.5. The average molecular weight is 386 g/mol. The van der Waals surface area contributed by atoms with Crippen LogP contribution in [-0.4, -0.2) is 30.0 Å². The predicted octanol–water partition coefficient (Wildman–Crippen LogP) is 3.33. The lowest BCUT2D eigenvalue weighted by Gasteiger charge is -2.10. The molecule has 8 heteroatoms. The van der Waals surface area contributed by atoms with E-state index in [2.05, 4.69) is 5.32 Å². The molecule has 0 radical (unpaired) electrons. The molecule has 0 heterocycles. The molecule has 0 aliphatic carbocycles. The van der Waals surface area contributed by atoms with Gasteiger partial charge in [-0.1, -0.05) is 19.1 Å². The van der Waals surface area contributed by atoms with Crippen LogP contribution in [0.1, 0.15) is 23.6 Å². The second-order valence-electron chi connectivity index (χ2n) is 6.21. The number of nitrogens with zero attached hydrogens (tertiary/aromatic N) is 1. The Labute approximate surface area is 162 Å². The highest BCUT2D eigenvalue weighted by atomic mass is 16.6. The van der Waals surface area contributed by atoms with Crippen molar-refractivity contribution < 1.29 is 24.0 Å². The maximum atomic E-state index is 12.0. The van der Waals surface area contributed by atoms with Gasteiger partial charge in [0.25, 0.3) is 11.6 Å². The van der Waals surface area contributed by atoms with Crippen molar-refractivity contribution in [3.63, 3.8) is 0 Å². The van der Waals surface area contributed by atoms with Crippen LogP contribution in [0, 0.1) is 24.0 Å². The Morgan fingerprint density at radius 3 is 2.32 bits per heavy atom. The van der Waals surface area contributed by atoms with Crippen LogP contribution >= 0.6 is 0 Å². The zero-order valence-corrected chi connectivity index (χ0v) is 16.0. The molecule has 8 nitrogen and oxygen atoms in total. The summed E-state index contributed by atoms with van der Waals surface area (Å²) in [6.45, 7) is 4.64. The molecule has 0 fully saturated rings. The van der Waals surface area contributed by atoms with Crippen molar-refractivity contribution in [2.75, 3.05) is 18.5 Å². The van der Waals surface area contributed by atoms with E-state index in [9.17, 15) is 19.7 Å². The Balaban J connectivity index is 1.85. The van der Waals surface area contributed by atoms with Crippen molar-refractivity contribution in [2.24, 2.45) is 0 Å². The van der Waals surface area contributed by atoms with Gasteiger partial charge in [0.1, 0.15) is 11.4 Å². The first-order chi connectivity index (χ1) is 13.3. The zero-order valence-electron chi connectivity index (χ0n) is 16.0. The number of nitrogens with one attached hydrogen (secondary N) is 1. The SMILES string of the molecule is CCc1ccc(OCC(=O)OCC(=O)Nc2cc(C)c(C)cc2[N+](=O)[O-])cc1. The first-order valence-corrected chi connectivity index (χ1v) is 8.73. The molecule has 0 aromatic heterocycles. The molecular formula is C20H22N2O6. The van der Waals surface area contributed by atoms with Crippen LogP contribution in [0.4, 0.5) is 11.4 Å². The number of nitro groups is 1. The minimum atomic E-state index is -0.718. The van der Waals surface area contributed by atoms with E-state index in [-0.39, 0.29) is 18.0 Å². The molecule has 0 spiro atoms. The number of carbonyl (C=O) groups is 2.